The van der Waals surface area contributed by atoms with E-state index < -0.39 is 11.9 Å². The SMILES string of the molecule is CCOC(=O)c1cc(C(C)C)sc1NC(=O)/C(C#N)=C/c1ccc(OC)c(COc2cccc3cccnc23)c1. The first-order valence-corrected chi connectivity index (χ1v) is 13.5. The molecule has 0 spiro atoms. The summed E-state index contributed by atoms with van der Waals surface area (Å²) in [7, 11) is 1.57. The van der Waals surface area contributed by atoms with Crippen LogP contribution in [0.25, 0.3) is 17.0 Å². The molecule has 0 fully saturated rings. The Morgan fingerprint density at radius 2 is 1.93 bits per heavy atom. The van der Waals surface area contributed by atoms with Crippen molar-refractivity contribution in [3.05, 3.63) is 87.9 Å². The number of carbonyl (C=O) groups is 2. The van der Waals surface area contributed by atoms with E-state index in [9.17, 15) is 14.9 Å². The predicted molar refractivity (Wildman–Crippen MR) is 156 cm³/mol. The molecule has 2 aromatic carbocycles. The maximum atomic E-state index is 13.1. The fourth-order valence-corrected chi connectivity index (χ4v) is 5.03. The van der Waals surface area contributed by atoms with E-state index in [1.165, 1.54) is 17.4 Å². The molecule has 0 atom stereocenters. The molecule has 0 radical (unpaired) electrons. The number of nitriles is 1. The molecule has 0 unspecified atom stereocenters. The molecule has 4 rings (SSSR count). The molecule has 8 nitrogen and oxygen atoms in total. The van der Waals surface area contributed by atoms with Crippen LogP contribution >= 0.6 is 11.3 Å². The fraction of sp³-hybridized carbons (Fsp3) is 0.226. The Bertz CT molecular complexity index is 1610. The van der Waals surface area contributed by atoms with Gasteiger partial charge in [0.2, 0.25) is 0 Å². The summed E-state index contributed by atoms with van der Waals surface area (Å²) >= 11 is 1.29. The van der Waals surface area contributed by atoms with E-state index in [-0.39, 0.29) is 30.3 Å². The number of hydrogen-bond acceptors (Lipinski definition) is 8. The van der Waals surface area contributed by atoms with Crippen molar-refractivity contribution in [2.75, 3.05) is 19.0 Å². The number of benzene rings is 2. The normalized spacial score (nSPS) is 11.2. The van der Waals surface area contributed by atoms with E-state index in [0.29, 0.717) is 22.1 Å². The van der Waals surface area contributed by atoms with Gasteiger partial charge in [0.15, 0.2) is 0 Å². The molecular weight excluding hydrogens is 526 g/mol. The molecule has 1 N–H and O–H groups in total. The molecular formula is C31H29N3O5S. The van der Waals surface area contributed by atoms with Crippen molar-refractivity contribution in [1.82, 2.24) is 4.98 Å². The molecule has 40 heavy (non-hydrogen) atoms. The average molecular weight is 556 g/mol. The van der Waals surface area contributed by atoms with E-state index in [4.69, 9.17) is 14.2 Å². The summed E-state index contributed by atoms with van der Waals surface area (Å²) in [6.45, 7) is 6.10. The lowest BCUT2D eigenvalue weighted by Gasteiger charge is -2.12. The number of pyridine rings is 1. The number of rotatable bonds is 10. The van der Waals surface area contributed by atoms with Crippen LogP contribution in [0, 0.1) is 11.3 Å². The zero-order valence-electron chi connectivity index (χ0n) is 22.7. The Labute approximate surface area is 236 Å². The largest absolute Gasteiger partial charge is 0.496 e. The monoisotopic (exact) mass is 555 g/mol. The van der Waals surface area contributed by atoms with Gasteiger partial charge in [0.05, 0.1) is 19.3 Å². The summed E-state index contributed by atoms with van der Waals surface area (Å²) in [6.07, 6.45) is 3.20. The van der Waals surface area contributed by atoms with Crippen LogP contribution in [0.4, 0.5) is 5.00 Å². The molecule has 9 heteroatoms. The third-order valence-corrected chi connectivity index (χ3v) is 7.35. The number of para-hydroxylation sites is 1. The number of hydrogen-bond donors (Lipinski definition) is 1. The first kappa shape index (κ1) is 28.3. The summed E-state index contributed by atoms with van der Waals surface area (Å²) in [4.78, 5) is 30.9. The van der Waals surface area contributed by atoms with Crippen molar-refractivity contribution in [3.8, 4) is 17.6 Å². The van der Waals surface area contributed by atoms with Gasteiger partial charge in [-0.3, -0.25) is 9.78 Å². The molecule has 0 saturated carbocycles. The minimum absolute atomic E-state index is 0.121. The van der Waals surface area contributed by atoms with Gasteiger partial charge in [-0.05, 0) is 54.8 Å². The first-order valence-electron chi connectivity index (χ1n) is 12.7. The summed E-state index contributed by atoms with van der Waals surface area (Å²) in [5, 5.41) is 13.8. The van der Waals surface area contributed by atoms with Crippen LogP contribution in [0.5, 0.6) is 11.5 Å². The second-order valence-corrected chi connectivity index (χ2v) is 10.2. The number of fused-ring (bicyclic) bond motifs is 1. The quantitative estimate of drug-likeness (QED) is 0.131. The smallest absolute Gasteiger partial charge is 0.341 e. The number of nitrogens with zero attached hydrogens (tertiary/aromatic N) is 2. The summed E-state index contributed by atoms with van der Waals surface area (Å²) in [5.74, 6) is 0.240. The van der Waals surface area contributed by atoms with Crippen LogP contribution in [0.15, 0.2) is 66.4 Å². The minimum atomic E-state index is -0.624. The zero-order chi connectivity index (χ0) is 28.6. The second-order valence-electron chi connectivity index (χ2n) is 9.08. The van der Waals surface area contributed by atoms with Crippen molar-refractivity contribution < 1.29 is 23.8 Å². The lowest BCUT2D eigenvalue weighted by molar-refractivity contribution is -0.112. The standard InChI is InChI=1S/C31H29N3O5S/c1-5-38-31(36)24-16-27(19(2)3)40-30(24)34-29(35)22(17-32)14-20-11-12-25(37-4)23(15-20)18-39-26-10-6-8-21-9-7-13-33-28(21)26/h6-16,19H,5,18H2,1-4H3,(H,34,35)/b22-14+. The Balaban J connectivity index is 1.58. The van der Waals surface area contributed by atoms with Gasteiger partial charge >= 0.3 is 5.97 Å². The van der Waals surface area contributed by atoms with Gasteiger partial charge in [0, 0.05) is 22.0 Å². The number of methoxy groups -OCH3 is 1. The molecule has 2 heterocycles. The highest BCUT2D eigenvalue weighted by Gasteiger charge is 2.21. The maximum Gasteiger partial charge on any atom is 0.341 e. The average Bonchev–Trinajstić information content (AvgIpc) is 3.39. The number of carbonyl (C=O) groups excluding carboxylic acids is 2. The van der Waals surface area contributed by atoms with Gasteiger partial charge in [-0.15, -0.1) is 11.3 Å². The van der Waals surface area contributed by atoms with Gasteiger partial charge in [0.25, 0.3) is 5.91 Å². The summed E-state index contributed by atoms with van der Waals surface area (Å²) in [6, 6.07) is 18.5. The second kappa shape index (κ2) is 12.9. The molecule has 0 aliphatic heterocycles. The lowest BCUT2D eigenvalue weighted by Crippen LogP contribution is -2.15. The van der Waals surface area contributed by atoms with Crippen molar-refractivity contribution in [2.45, 2.75) is 33.3 Å². The van der Waals surface area contributed by atoms with E-state index in [2.05, 4.69) is 10.3 Å². The van der Waals surface area contributed by atoms with Gasteiger partial charge in [-0.2, -0.15) is 5.26 Å². The zero-order valence-corrected chi connectivity index (χ0v) is 23.5. The van der Waals surface area contributed by atoms with Gasteiger partial charge in [0.1, 0.15) is 40.3 Å². The Hall–Kier alpha value is -4.68. The highest BCUT2D eigenvalue weighted by atomic mass is 32.1. The highest BCUT2D eigenvalue weighted by molar-refractivity contribution is 7.16. The van der Waals surface area contributed by atoms with Crippen LogP contribution in [-0.4, -0.2) is 30.6 Å². The lowest BCUT2D eigenvalue weighted by atomic mass is 10.1. The van der Waals surface area contributed by atoms with E-state index >= 15 is 0 Å². The summed E-state index contributed by atoms with van der Waals surface area (Å²) < 4.78 is 16.7. The Kier molecular flexibility index (Phi) is 9.15. The third kappa shape index (κ3) is 6.47. The molecule has 0 aliphatic carbocycles. The van der Waals surface area contributed by atoms with Gasteiger partial charge in [-0.1, -0.05) is 38.1 Å². The molecule has 0 bridgehead atoms. The molecule has 1 amide bonds. The summed E-state index contributed by atoms with van der Waals surface area (Å²) in [5.41, 5.74) is 2.24. The highest BCUT2D eigenvalue weighted by Crippen LogP contribution is 2.34. The van der Waals surface area contributed by atoms with E-state index in [1.54, 1.807) is 44.5 Å². The predicted octanol–water partition coefficient (Wildman–Crippen LogP) is 6.73. The van der Waals surface area contributed by atoms with Crippen LogP contribution in [0.3, 0.4) is 0 Å². The van der Waals surface area contributed by atoms with Crippen LogP contribution in [0.1, 0.15) is 53.1 Å². The van der Waals surface area contributed by atoms with Crippen LogP contribution < -0.4 is 14.8 Å². The number of ether oxygens (including phenoxy) is 3. The topological polar surface area (TPSA) is 111 Å². The van der Waals surface area contributed by atoms with Gasteiger partial charge in [-0.25, -0.2) is 4.79 Å². The molecule has 4 aromatic rings. The number of nitrogens with one attached hydrogen (secondary N) is 1. The van der Waals surface area contributed by atoms with Crippen molar-refractivity contribution >= 4 is 45.2 Å². The number of amides is 1. The Morgan fingerprint density at radius 3 is 2.65 bits per heavy atom. The van der Waals surface area contributed by atoms with Crippen molar-refractivity contribution in [2.24, 2.45) is 0 Å². The number of esters is 1. The van der Waals surface area contributed by atoms with Gasteiger partial charge < -0.3 is 19.5 Å². The van der Waals surface area contributed by atoms with E-state index in [0.717, 1.165) is 21.3 Å². The number of thiophene rings is 1. The number of aromatic nitrogens is 1. The fourth-order valence-electron chi connectivity index (χ4n) is 3.98. The first-order chi connectivity index (χ1) is 19.3. The maximum absolute atomic E-state index is 13.1. The number of anilines is 1. The van der Waals surface area contributed by atoms with E-state index in [1.807, 2.05) is 50.2 Å². The minimum Gasteiger partial charge on any atom is -0.496 e. The van der Waals surface area contributed by atoms with Crippen molar-refractivity contribution in [1.29, 1.82) is 5.26 Å². The molecule has 0 saturated heterocycles. The molecule has 204 valence electrons. The van der Waals surface area contributed by atoms with Crippen LogP contribution in [-0.2, 0) is 16.1 Å². The van der Waals surface area contributed by atoms with Crippen LogP contribution in [0.2, 0.25) is 0 Å². The Morgan fingerprint density at radius 1 is 1.12 bits per heavy atom. The third-order valence-electron chi connectivity index (χ3n) is 6.00. The molecule has 2 aromatic heterocycles. The molecule has 0 aliphatic rings. The van der Waals surface area contributed by atoms with Crippen molar-refractivity contribution in [3.63, 3.8) is 0 Å².